The van der Waals surface area contributed by atoms with E-state index in [9.17, 15) is 4.39 Å². The van der Waals surface area contributed by atoms with E-state index >= 15 is 0 Å². The molecule has 0 radical (unpaired) electrons. The second-order valence-electron chi connectivity index (χ2n) is 7.56. The Morgan fingerprint density at radius 2 is 1.93 bits per heavy atom. The maximum absolute atomic E-state index is 13.6. The average Bonchev–Trinajstić information content (AvgIpc) is 3.10. The molecule has 3 heterocycles. The minimum atomic E-state index is -0.160. The fourth-order valence-corrected chi connectivity index (χ4v) is 5.49. The molecule has 2 aromatic carbocycles. The molecule has 3 nitrogen and oxygen atoms in total. The van der Waals surface area contributed by atoms with Crippen LogP contribution in [0.25, 0.3) is 10.1 Å². The summed E-state index contributed by atoms with van der Waals surface area (Å²) >= 11 is 1.72. The van der Waals surface area contributed by atoms with Crippen LogP contribution in [0.1, 0.15) is 21.9 Å². The second-order valence-corrected chi connectivity index (χ2v) is 8.68. The molecule has 1 fully saturated rings. The zero-order valence-electron chi connectivity index (χ0n) is 15.5. The van der Waals surface area contributed by atoms with E-state index in [2.05, 4.69) is 41.1 Å². The summed E-state index contributed by atoms with van der Waals surface area (Å²) in [5.41, 5.74) is 4.11. The number of anilines is 1. The molecule has 0 spiro atoms. The molecule has 3 aromatic rings. The number of nitrogens with zero attached hydrogens (tertiary/aromatic N) is 2. The van der Waals surface area contributed by atoms with Gasteiger partial charge in [-0.1, -0.05) is 12.1 Å². The van der Waals surface area contributed by atoms with Gasteiger partial charge in [-0.3, -0.25) is 0 Å². The van der Waals surface area contributed by atoms with E-state index in [1.165, 1.54) is 21.7 Å². The molecule has 5 rings (SSSR count). The van der Waals surface area contributed by atoms with Gasteiger partial charge < -0.3 is 14.5 Å². The molecular weight excluding hydrogens is 359 g/mol. The monoisotopic (exact) mass is 382 g/mol. The molecule has 27 heavy (non-hydrogen) atoms. The lowest BCUT2D eigenvalue weighted by atomic mass is 9.88. The van der Waals surface area contributed by atoms with Crippen molar-refractivity contribution in [2.45, 2.75) is 12.5 Å². The van der Waals surface area contributed by atoms with E-state index < -0.39 is 0 Å². The zero-order valence-corrected chi connectivity index (χ0v) is 16.3. The highest BCUT2D eigenvalue weighted by atomic mass is 32.1. The van der Waals surface area contributed by atoms with Crippen LogP contribution in [0, 0.1) is 5.82 Å². The van der Waals surface area contributed by atoms with E-state index in [-0.39, 0.29) is 5.82 Å². The highest BCUT2D eigenvalue weighted by Crippen LogP contribution is 2.40. The largest absolute Gasteiger partial charge is 0.378 e. The van der Waals surface area contributed by atoms with Gasteiger partial charge >= 0.3 is 0 Å². The van der Waals surface area contributed by atoms with E-state index in [0.717, 1.165) is 49.5 Å². The number of likely N-dealkylation sites (N-methyl/N-ethyl adjacent to an activating group) is 1. The molecule has 5 heteroatoms. The highest BCUT2D eigenvalue weighted by Gasteiger charge is 2.27. The van der Waals surface area contributed by atoms with Crippen molar-refractivity contribution in [3.8, 4) is 0 Å². The molecule has 0 N–H and O–H groups in total. The zero-order chi connectivity index (χ0) is 18.4. The van der Waals surface area contributed by atoms with Crippen molar-refractivity contribution in [1.29, 1.82) is 0 Å². The number of morpholine rings is 1. The molecule has 1 atom stereocenters. The van der Waals surface area contributed by atoms with Crippen LogP contribution in [0.15, 0.2) is 42.5 Å². The third kappa shape index (κ3) is 3.24. The quantitative estimate of drug-likeness (QED) is 0.651. The van der Waals surface area contributed by atoms with Crippen molar-refractivity contribution in [3.63, 3.8) is 0 Å². The van der Waals surface area contributed by atoms with Gasteiger partial charge in [-0.05, 0) is 53.9 Å². The number of hydrogen-bond acceptors (Lipinski definition) is 4. The van der Waals surface area contributed by atoms with Gasteiger partial charge in [-0.2, -0.15) is 0 Å². The minimum absolute atomic E-state index is 0.160. The van der Waals surface area contributed by atoms with Crippen molar-refractivity contribution in [1.82, 2.24) is 4.90 Å². The fourth-order valence-electron chi connectivity index (χ4n) is 4.29. The summed E-state index contributed by atoms with van der Waals surface area (Å²) in [6.07, 6.45) is 0. The Hall–Kier alpha value is -1.95. The van der Waals surface area contributed by atoms with Crippen LogP contribution < -0.4 is 4.90 Å². The number of benzene rings is 2. The molecule has 140 valence electrons. The highest BCUT2D eigenvalue weighted by molar-refractivity contribution is 7.19. The molecule has 2 aliphatic heterocycles. The van der Waals surface area contributed by atoms with Crippen molar-refractivity contribution in [2.24, 2.45) is 0 Å². The van der Waals surface area contributed by atoms with Gasteiger partial charge in [0, 0.05) is 47.4 Å². The molecule has 1 saturated heterocycles. The summed E-state index contributed by atoms with van der Waals surface area (Å²) in [4.78, 5) is 6.12. The number of hydrogen-bond donors (Lipinski definition) is 0. The lowest BCUT2D eigenvalue weighted by molar-refractivity contribution is 0.122. The van der Waals surface area contributed by atoms with Crippen LogP contribution in [0.3, 0.4) is 0 Å². The average molecular weight is 383 g/mol. The maximum Gasteiger partial charge on any atom is 0.124 e. The first-order chi connectivity index (χ1) is 13.2. The third-order valence-corrected chi connectivity index (χ3v) is 6.87. The van der Waals surface area contributed by atoms with E-state index in [1.54, 1.807) is 23.5 Å². The Morgan fingerprint density at radius 1 is 1.07 bits per heavy atom. The van der Waals surface area contributed by atoms with Crippen LogP contribution in [-0.2, 0) is 11.3 Å². The Balaban J connectivity index is 1.53. The molecule has 1 aromatic heterocycles. The van der Waals surface area contributed by atoms with Crippen LogP contribution in [0.5, 0.6) is 0 Å². The van der Waals surface area contributed by atoms with Gasteiger partial charge in [0.15, 0.2) is 0 Å². The van der Waals surface area contributed by atoms with Crippen LogP contribution >= 0.6 is 11.3 Å². The number of fused-ring (bicyclic) bond motifs is 2. The molecule has 1 unspecified atom stereocenters. The van der Waals surface area contributed by atoms with Crippen molar-refractivity contribution >= 4 is 27.1 Å². The Kier molecular flexibility index (Phi) is 4.38. The van der Waals surface area contributed by atoms with Crippen molar-refractivity contribution in [3.05, 3.63) is 64.3 Å². The van der Waals surface area contributed by atoms with Gasteiger partial charge in [0.05, 0.1) is 13.2 Å². The first-order valence-electron chi connectivity index (χ1n) is 9.50. The van der Waals surface area contributed by atoms with E-state index in [0.29, 0.717) is 5.92 Å². The van der Waals surface area contributed by atoms with E-state index in [1.807, 2.05) is 6.07 Å². The number of rotatable bonds is 2. The maximum atomic E-state index is 13.6. The summed E-state index contributed by atoms with van der Waals surface area (Å²) < 4.78 is 20.1. The minimum Gasteiger partial charge on any atom is -0.378 e. The van der Waals surface area contributed by atoms with Gasteiger partial charge in [0.25, 0.3) is 0 Å². The SMILES string of the molecule is CN1Cc2cc(N3CCOCC3)ccc2C(c2cc3ccc(F)cc3s2)C1. The smallest absolute Gasteiger partial charge is 0.124 e. The van der Waals surface area contributed by atoms with Crippen LogP contribution in [0.4, 0.5) is 10.1 Å². The van der Waals surface area contributed by atoms with Crippen LogP contribution in [-0.4, -0.2) is 44.8 Å². The summed E-state index contributed by atoms with van der Waals surface area (Å²) in [6, 6.07) is 14.3. The first kappa shape index (κ1) is 17.2. The fraction of sp³-hybridized carbons (Fsp3) is 0.364. The summed E-state index contributed by atoms with van der Waals surface area (Å²) in [7, 11) is 2.18. The Labute approximate surface area is 163 Å². The predicted molar refractivity (Wildman–Crippen MR) is 109 cm³/mol. The van der Waals surface area contributed by atoms with Crippen LogP contribution in [0.2, 0.25) is 0 Å². The first-order valence-corrected chi connectivity index (χ1v) is 10.3. The Morgan fingerprint density at radius 3 is 2.78 bits per heavy atom. The lowest BCUT2D eigenvalue weighted by Gasteiger charge is -2.34. The van der Waals surface area contributed by atoms with Gasteiger partial charge in [-0.15, -0.1) is 11.3 Å². The summed E-state index contributed by atoms with van der Waals surface area (Å²) in [6.45, 7) is 5.50. The van der Waals surface area contributed by atoms with Crippen molar-refractivity contribution < 1.29 is 9.13 Å². The van der Waals surface area contributed by atoms with E-state index in [4.69, 9.17) is 4.74 Å². The normalized spacial score (nSPS) is 20.8. The topological polar surface area (TPSA) is 15.7 Å². The second kappa shape index (κ2) is 6.89. The number of ether oxygens (including phenoxy) is 1. The molecule has 0 bridgehead atoms. The number of halogens is 1. The molecule has 0 amide bonds. The molecule has 2 aliphatic rings. The number of thiophene rings is 1. The van der Waals surface area contributed by atoms with Gasteiger partial charge in [-0.25, -0.2) is 4.39 Å². The summed E-state index contributed by atoms with van der Waals surface area (Å²) in [5, 5.41) is 1.14. The lowest BCUT2D eigenvalue weighted by Crippen LogP contribution is -2.36. The molecule has 0 saturated carbocycles. The molecule has 0 aliphatic carbocycles. The summed E-state index contributed by atoms with van der Waals surface area (Å²) in [5.74, 6) is 0.185. The third-order valence-electron chi connectivity index (χ3n) is 5.66. The van der Waals surface area contributed by atoms with Gasteiger partial charge in [0.2, 0.25) is 0 Å². The molecular formula is C22H23FN2OS. The van der Waals surface area contributed by atoms with Gasteiger partial charge in [0.1, 0.15) is 5.82 Å². The standard InChI is InChI=1S/C22H23FN2OS/c1-24-13-16-10-18(25-6-8-26-9-7-25)4-5-19(16)20(14-24)22-11-15-2-3-17(23)12-21(15)27-22/h2-5,10-12,20H,6-9,13-14H2,1H3. The van der Waals surface area contributed by atoms with Crippen molar-refractivity contribution in [2.75, 3.05) is 44.8 Å². The predicted octanol–water partition coefficient (Wildman–Crippen LogP) is 4.45. The Bertz CT molecular complexity index is 980.